The minimum absolute atomic E-state index is 0.131. The second-order valence-electron chi connectivity index (χ2n) is 4.08. The molecule has 0 heterocycles. The maximum atomic E-state index is 11.5. The van der Waals surface area contributed by atoms with Gasteiger partial charge in [0.05, 0.1) is 18.1 Å². The number of ether oxygens (including phenoxy) is 1. The minimum Gasteiger partial charge on any atom is -0.490 e. The number of carbonyl (C=O) groups is 1. The first-order valence-corrected chi connectivity index (χ1v) is 5.74. The van der Waals surface area contributed by atoms with E-state index >= 15 is 0 Å². The first kappa shape index (κ1) is 14.9. The highest BCUT2D eigenvalue weighted by Gasteiger charge is 2.16. The van der Waals surface area contributed by atoms with E-state index in [1.54, 1.807) is 6.92 Å². The summed E-state index contributed by atoms with van der Waals surface area (Å²) in [7, 11) is 1.34. The zero-order chi connectivity index (χ0) is 14.4. The Kier molecular flexibility index (Phi) is 5.25. The summed E-state index contributed by atoms with van der Waals surface area (Å²) in [5, 5.41) is 22.4. The second-order valence-corrected chi connectivity index (χ2v) is 4.08. The van der Waals surface area contributed by atoms with Gasteiger partial charge in [-0.2, -0.15) is 0 Å². The van der Waals surface area contributed by atoms with Crippen LogP contribution in [0, 0.1) is 10.1 Å². The van der Waals surface area contributed by atoms with Crippen LogP contribution in [0.2, 0.25) is 0 Å². The third-order valence-electron chi connectivity index (χ3n) is 2.45. The second kappa shape index (κ2) is 6.69. The largest absolute Gasteiger partial charge is 0.490 e. The number of nitrogens with one attached hydrogen (secondary N) is 1. The first-order valence-electron chi connectivity index (χ1n) is 5.74. The average molecular weight is 268 g/mol. The molecule has 19 heavy (non-hydrogen) atoms. The molecular weight excluding hydrogens is 252 g/mol. The lowest BCUT2D eigenvalue weighted by atomic mass is 10.2. The number of carbonyl (C=O) groups excluding carboxylic acids is 1. The summed E-state index contributed by atoms with van der Waals surface area (Å²) in [5.74, 6) is -0.174. The van der Waals surface area contributed by atoms with Gasteiger partial charge in [-0.05, 0) is 25.5 Å². The van der Waals surface area contributed by atoms with Gasteiger partial charge in [0, 0.05) is 18.2 Å². The molecule has 7 heteroatoms. The predicted molar refractivity (Wildman–Crippen MR) is 69.2 cm³/mol. The van der Waals surface area contributed by atoms with E-state index in [1.165, 1.54) is 25.3 Å². The Labute approximate surface area is 110 Å². The van der Waals surface area contributed by atoms with E-state index in [-0.39, 0.29) is 23.8 Å². The van der Waals surface area contributed by atoms with E-state index in [4.69, 9.17) is 9.84 Å². The number of amides is 1. The molecule has 0 aromatic heterocycles. The summed E-state index contributed by atoms with van der Waals surface area (Å²) in [6, 6.07) is 4.17. The summed E-state index contributed by atoms with van der Waals surface area (Å²) in [6.45, 7) is 1.59. The molecule has 1 aromatic carbocycles. The molecule has 1 aromatic rings. The smallest absolute Gasteiger partial charge is 0.312 e. The van der Waals surface area contributed by atoms with Gasteiger partial charge in [0.1, 0.15) is 0 Å². The number of nitro benzene ring substituents is 1. The Morgan fingerprint density at radius 2 is 2.26 bits per heavy atom. The van der Waals surface area contributed by atoms with Crippen molar-refractivity contribution in [2.24, 2.45) is 0 Å². The zero-order valence-electron chi connectivity index (χ0n) is 10.8. The summed E-state index contributed by atoms with van der Waals surface area (Å²) in [4.78, 5) is 21.8. The maximum Gasteiger partial charge on any atom is 0.312 e. The third-order valence-corrected chi connectivity index (χ3v) is 2.45. The lowest BCUT2D eigenvalue weighted by Crippen LogP contribution is -2.14. The number of rotatable bonds is 6. The Bertz CT molecular complexity index is 473. The van der Waals surface area contributed by atoms with Gasteiger partial charge < -0.3 is 15.2 Å². The number of methoxy groups -OCH3 is 1. The average Bonchev–Trinajstić information content (AvgIpc) is 2.36. The molecule has 1 rings (SSSR count). The summed E-state index contributed by atoms with van der Waals surface area (Å²) in [6.07, 6.45) is -0.0716. The van der Waals surface area contributed by atoms with Crippen LogP contribution in [0.15, 0.2) is 18.2 Å². The number of hydrogen-bond donors (Lipinski definition) is 2. The molecule has 7 nitrogen and oxygen atoms in total. The molecule has 2 N–H and O–H groups in total. The van der Waals surface area contributed by atoms with Crippen molar-refractivity contribution < 1.29 is 19.6 Å². The number of nitrogens with zero attached hydrogens (tertiary/aromatic N) is 1. The summed E-state index contributed by atoms with van der Waals surface area (Å²) in [5.41, 5.74) is 0.110. The highest BCUT2D eigenvalue weighted by atomic mass is 16.6. The molecule has 0 spiro atoms. The highest BCUT2D eigenvalue weighted by molar-refractivity contribution is 5.91. The molecule has 1 atom stereocenters. The van der Waals surface area contributed by atoms with Crippen LogP contribution in [0.1, 0.15) is 19.8 Å². The van der Waals surface area contributed by atoms with Crippen LogP contribution in [0.5, 0.6) is 5.75 Å². The molecule has 0 aliphatic heterocycles. The fourth-order valence-corrected chi connectivity index (χ4v) is 1.47. The van der Waals surface area contributed by atoms with E-state index in [2.05, 4.69) is 5.32 Å². The molecule has 0 bridgehead atoms. The molecule has 0 aliphatic rings. The van der Waals surface area contributed by atoms with Crippen molar-refractivity contribution in [3.63, 3.8) is 0 Å². The Hall–Kier alpha value is -2.15. The minimum atomic E-state index is -0.579. The van der Waals surface area contributed by atoms with Crippen molar-refractivity contribution in [2.75, 3.05) is 12.4 Å². The van der Waals surface area contributed by atoms with Gasteiger partial charge >= 0.3 is 5.69 Å². The van der Waals surface area contributed by atoms with Gasteiger partial charge in [0.2, 0.25) is 5.91 Å². The number of hydrogen-bond acceptors (Lipinski definition) is 5. The quantitative estimate of drug-likeness (QED) is 0.604. The summed E-state index contributed by atoms with van der Waals surface area (Å²) < 4.78 is 4.86. The van der Waals surface area contributed by atoms with Crippen molar-refractivity contribution in [2.45, 2.75) is 25.9 Å². The Morgan fingerprint density at radius 3 is 2.79 bits per heavy atom. The van der Waals surface area contributed by atoms with Crippen LogP contribution in [0.3, 0.4) is 0 Å². The predicted octanol–water partition coefficient (Wildman–Crippen LogP) is 1.70. The number of anilines is 1. The van der Waals surface area contributed by atoms with Crippen LogP contribution >= 0.6 is 0 Å². The van der Waals surface area contributed by atoms with Crippen LogP contribution in [0.4, 0.5) is 11.4 Å². The van der Waals surface area contributed by atoms with Gasteiger partial charge in [-0.1, -0.05) is 0 Å². The Balaban J connectivity index is 2.77. The zero-order valence-corrected chi connectivity index (χ0v) is 10.8. The number of aliphatic hydroxyl groups excluding tert-OH is 1. The summed E-state index contributed by atoms with van der Waals surface area (Å²) >= 11 is 0. The normalized spacial score (nSPS) is 11.7. The fourth-order valence-electron chi connectivity index (χ4n) is 1.47. The molecular formula is C12H16N2O5. The van der Waals surface area contributed by atoms with E-state index < -0.39 is 11.0 Å². The van der Waals surface area contributed by atoms with Crippen molar-refractivity contribution in [3.8, 4) is 5.75 Å². The molecule has 0 saturated heterocycles. The van der Waals surface area contributed by atoms with Crippen LogP contribution < -0.4 is 10.1 Å². The van der Waals surface area contributed by atoms with Crippen molar-refractivity contribution in [3.05, 3.63) is 28.3 Å². The standard InChI is InChI=1S/C12H16N2O5/c1-8(15)3-6-12(16)13-9-4-5-11(19-2)10(7-9)14(17)18/h4-5,7-8,15H,3,6H2,1-2H3,(H,13,16). The molecule has 0 saturated carbocycles. The fraction of sp³-hybridized carbons (Fsp3) is 0.417. The molecule has 0 aliphatic carbocycles. The van der Waals surface area contributed by atoms with Crippen LogP contribution in [-0.4, -0.2) is 29.2 Å². The topological polar surface area (TPSA) is 102 Å². The van der Waals surface area contributed by atoms with Crippen molar-refractivity contribution >= 4 is 17.3 Å². The highest BCUT2D eigenvalue weighted by Crippen LogP contribution is 2.29. The molecule has 1 amide bonds. The van der Waals surface area contributed by atoms with Gasteiger partial charge in [-0.15, -0.1) is 0 Å². The number of benzene rings is 1. The lowest BCUT2D eigenvalue weighted by Gasteiger charge is -2.08. The van der Waals surface area contributed by atoms with Gasteiger partial charge in [0.25, 0.3) is 0 Å². The van der Waals surface area contributed by atoms with Gasteiger partial charge in [0.15, 0.2) is 5.75 Å². The van der Waals surface area contributed by atoms with Gasteiger partial charge in [-0.25, -0.2) is 0 Å². The molecule has 104 valence electrons. The van der Waals surface area contributed by atoms with E-state index in [0.29, 0.717) is 12.1 Å². The SMILES string of the molecule is COc1ccc(NC(=O)CCC(C)O)cc1[N+](=O)[O-]. The van der Waals surface area contributed by atoms with E-state index in [9.17, 15) is 14.9 Å². The maximum absolute atomic E-state index is 11.5. The van der Waals surface area contributed by atoms with Crippen molar-refractivity contribution in [1.29, 1.82) is 0 Å². The lowest BCUT2D eigenvalue weighted by molar-refractivity contribution is -0.385. The van der Waals surface area contributed by atoms with Gasteiger partial charge in [-0.3, -0.25) is 14.9 Å². The number of nitro groups is 1. The number of aliphatic hydroxyl groups is 1. The van der Waals surface area contributed by atoms with Crippen LogP contribution in [0.25, 0.3) is 0 Å². The third kappa shape index (κ3) is 4.55. The van der Waals surface area contributed by atoms with Crippen LogP contribution in [-0.2, 0) is 4.79 Å². The Morgan fingerprint density at radius 1 is 1.58 bits per heavy atom. The molecule has 1 unspecified atom stereocenters. The monoisotopic (exact) mass is 268 g/mol. The molecule has 0 radical (unpaired) electrons. The van der Waals surface area contributed by atoms with Crippen molar-refractivity contribution in [1.82, 2.24) is 0 Å². The van der Waals surface area contributed by atoms with E-state index in [0.717, 1.165) is 0 Å². The van der Waals surface area contributed by atoms with E-state index in [1.807, 2.05) is 0 Å². The molecule has 0 fully saturated rings. The first-order chi connectivity index (χ1) is 8.93.